The molecule has 6 nitrogen and oxygen atoms in total. The Kier molecular flexibility index (Phi) is 4.76. The SMILES string of the molecule is Cc1cccc2c(=O)n(C3CCN(S(=O)(=O)c4ccccc4F)CC3)cnc12. The zero-order chi connectivity index (χ0) is 19.9. The lowest BCUT2D eigenvalue weighted by Crippen LogP contribution is -2.41. The molecule has 0 atom stereocenters. The smallest absolute Gasteiger partial charge is 0.261 e. The summed E-state index contributed by atoms with van der Waals surface area (Å²) >= 11 is 0. The largest absolute Gasteiger partial charge is 0.296 e. The van der Waals surface area contributed by atoms with E-state index >= 15 is 0 Å². The highest BCUT2D eigenvalue weighted by Crippen LogP contribution is 2.27. The topological polar surface area (TPSA) is 72.3 Å². The number of hydrogen-bond acceptors (Lipinski definition) is 4. The Balaban J connectivity index is 1.58. The van der Waals surface area contributed by atoms with Gasteiger partial charge in [0.05, 0.1) is 17.2 Å². The zero-order valence-electron chi connectivity index (χ0n) is 15.4. The third-order valence-electron chi connectivity index (χ3n) is 5.29. The van der Waals surface area contributed by atoms with E-state index in [-0.39, 0.29) is 29.6 Å². The maximum absolute atomic E-state index is 14.0. The molecule has 0 bridgehead atoms. The molecule has 2 aromatic carbocycles. The van der Waals surface area contributed by atoms with Gasteiger partial charge in [0.25, 0.3) is 5.56 Å². The van der Waals surface area contributed by atoms with Crippen molar-refractivity contribution in [2.24, 2.45) is 0 Å². The summed E-state index contributed by atoms with van der Waals surface area (Å²) in [6.45, 7) is 2.35. The Morgan fingerprint density at radius 1 is 1.07 bits per heavy atom. The van der Waals surface area contributed by atoms with E-state index in [2.05, 4.69) is 4.98 Å². The van der Waals surface area contributed by atoms with Crippen LogP contribution in [-0.4, -0.2) is 35.4 Å². The number of sulfonamides is 1. The second-order valence-electron chi connectivity index (χ2n) is 6.99. The van der Waals surface area contributed by atoms with Gasteiger partial charge in [0, 0.05) is 19.1 Å². The summed E-state index contributed by atoms with van der Waals surface area (Å²) in [5, 5.41) is 0.559. The standard InChI is InChI=1S/C20H20FN3O3S/c1-14-5-4-6-16-19(14)22-13-24(20(16)25)15-9-11-23(12-10-15)28(26,27)18-8-3-2-7-17(18)21/h2-8,13,15H,9-12H2,1H3. The number of aryl methyl sites for hydroxylation is 1. The van der Waals surface area contributed by atoms with Crippen LogP contribution in [0, 0.1) is 12.7 Å². The van der Waals surface area contributed by atoms with Crippen molar-refractivity contribution in [3.63, 3.8) is 0 Å². The van der Waals surface area contributed by atoms with Gasteiger partial charge in [-0.05, 0) is 43.5 Å². The first-order valence-electron chi connectivity index (χ1n) is 9.11. The van der Waals surface area contributed by atoms with Crippen LogP contribution in [-0.2, 0) is 10.0 Å². The number of rotatable bonds is 3. The first kappa shape index (κ1) is 18.8. The number of fused-ring (bicyclic) bond motifs is 1. The molecule has 0 N–H and O–H groups in total. The minimum absolute atomic E-state index is 0.121. The minimum Gasteiger partial charge on any atom is -0.296 e. The lowest BCUT2D eigenvalue weighted by atomic mass is 10.1. The maximum Gasteiger partial charge on any atom is 0.261 e. The molecule has 1 aromatic heterocycles. The molecule has 146 valence electrons. The predicted octanol–water partition coefficient (Wildman–Crippen LogP) is 2.87. The van der Waals surface area contributed by atoms with Crippen LogP contribution >= 0.6 is 0 Å². The highest BCUT2D eigenvalue weighted by Gasteiger charge is 2.32. The van der Waals surface area contributed by atoms with Gasteiger partial charge in [0.15, 0.2) is 0 Å². The van der Waals surface area contributed by atoms with E-state index in [1.807, 2.05) is 19.1 Å². The van der Waals surface area contributed by atoms with Gasteiger partial charge in [-0.2, -0.15) is 4.31 Å². The van der Waals surface area contributed by atoms with Crippen LogP contribution in [0.25, 0.3) is 10.9 Å². The summed E-state index contributed by atoms with van der Waals surface area (Å²) in [6, 6.07) is 10.7. The van der Waals surface area contributed by atoms with E-state index in [1.165, 1.54) is 22.5 Å². The highest BCUT2D eigenvalue weighted by atomic mass is 32.2. The summed E-state index contributed by atoms with van der Waals surface area (Å²) in [7, 11) is -3.89. The van der Waals surface area contributed by atoms with Gasteiger partial charge >= 0.3 is 0 Å². The van der Waals surface area contributed by atoms with Crippen LogP contribution in [0.15, 0.2) is 58.5 Å². The van der Waals surface area contributed by atoms with Gasteiger partial charge < -0.3 is 0 Å². The first-order chi connectivity index (χ1) is 13.4. The minimum atomic E-state index is -3.89. The van der Waals surface area contributed by atoms with Crippen molar-refractivity contribution in [1.29, 1.82) is 0 Å². The van der Waals surface area contributed by atoms with Gasteiger partial charge in [0.1, 0.15) is 10.7 Å². The van der Waals surface area contributed by atoms with E-state index in [1.54, 1.807) is 17.0 Å². The van der Waals surface area contributed by atoms with Crippen LogP contribution in [0.3, 0.4) is 0 Å². The number of piperidine rings is 1. The van der Waals surface area contributed by atoms with E-state index in [0.29, 0.717) is 23.7 Å². The van der Waals surface area contributed by atoms with E-state index < -0.39 is 15.8 Å². The number of para-hydroxylation sites is 1. The molecule has 8 heteroatoms. The monoisotopic (exact) mass is 401 g/mol. The predicted molar refractivity (Wildman–Crippen MR) is 104 cm³/mol. The third kappa shape index (κ3) is 3.12. The van der Waals surface area contributed by atoms with Crippen molar-refractivity contribution in [3.05, 3.63) is 70.5 Å². The average molecular weight is 401 g/mol. The van der Waals surface area contributed by atoms with Crippen LogP contribution < -0.4 is 5.56 Å². The van der Waals surface area contributed by atoms with Gasteiger partial charge in [-0.25, -0.2) is 17.8 Å². The third-order valence-corrected chi connectivity index (χ3v) is 7.22. The molecular weight excluding hydrogens is 381 g/mol. The van der Waals surface area contributed by atoms with Crippen molar-refractivity contribution < 1.29 is 12.8 Å². The molecule has 1 aliphatic rings. The summed E-state index contributed by atoms with van der Waals surface area (Å²) in [4.78, 5) is 17.0. The Bertz CT molecular complexity index is 1200. The van der Waals surface area contributed by atoms with Crippen molar-refractivity contribution in [2.45, 2.75) is 30.7 Å². The van der Waals surface area contributed by atoms with Gasteiger partial charge in [-0.3, -0.25) is 9.36 Å². The average Bonchev–Trinajstić information content (AvgIpc) is 2.69. The molecule has 0 saturated carbocycles. The van der Waals surface area contributed by atoms with Gasteiger partial charge in [-0.1, -0.05) is 24.3 Å². The molecule has 0 amide bonds. The van der Waals surface area contributed by atoms with Gasteiger partial charge in [0.2, 0.25) is 10.0 Å². The van der Waals surface area contributed by atoms with E-state index in [4.69, 9.17) is 0 Å². The lowest BCUT2D eigenvalue weighted by molar-refractivity contribution is 0.269. The molecule has 1 saturated heterocycles. The Hall–Kier alpha value is -2.58. The summed E-state index contributed by atoms with van der Waals surface area (Å²) in [6.07, 6.45) is 2.47. The van der Waals surface area contributed by atoms with Crippen molar-refractivity contribution in [2.75, 3.05) is 13.1 Å². The molecule has 4 rings (SSSR count). The van der Waals surface area contributed by atoms with E-state index in [0.717, 1.165) is 11.6 Å². The second kappa shape index (κ2) is 7.10. The summed E-state index contributed by atoms with van der Waals surface area (Å²) in [5.41, 5.74) is 1.50. The number of benzene rings is 2. The molecule has 1 aliphatic heterocycles. The Morgan fingerprint density at radius 3 is 2.50 bits per heavy atom. The second-order valence-corrected chi connectivity index (χ2v) is 8.90. The first-order valence-corrected chi connectivity index (χ1v) is 10.5. The molecule has 0 spiro atoms. The maximum atomic E-state index is 14.0. The fourth-order valence-electron chi connectivity index (χ4n) is 3.73. The zero-order valence-corrected chi connectivity index (χ0v) is 16.2. The molecule has 0 radical (unpaired) electrons. The number of nitrogens with zero attached hydrogens (tertiary/aromatic N) is 3. The molecular formula is C20H20FN3O3S. The number of hydrogen-bond donors (Lipinski definition) is 0. The van der Waals surface area contributed by atoms with Crippen LogP contribution in [0.5, 0.6) is 0 Å². The molecule has 0 unspecified atom stereocenters. The fourth-order valence-corrected chi connectivity index (χ4v) is 5.26. The van der Waals surface area contributed by atoms with E-state index in [9.17, 15) is 17.6 Å². The lowest BCUT2D eigenvalue weighted by Gasteiger charge is -2.32. The van der Waals surface area contributed by atoms with Crippen LogP contribution in [0.1, 0.15) is 24.4 Å². The number of aromatic nitrogens is 2. The number of halogens is 1. The molecule has 3 aromatic rings. The van der Waals surface area contributed by atoms with Crippen molar-refractivity contribution >= 4 is 20.9 Å². The summed E-state index contributed by atoms with van der Waals surface area (Å²) in [5.74, 6) is -0.755. The van der Waals surface area contributed by atoms with Crippen LogP contribution in [0.2, 0.25) is 0 Å². The van der Waals surface area contributed by atoms with Crippen molar-refractivity contribution in [1.82, 2.24) is 13.9 Å². The molecule has 0 aliphatic carbocycles. The highest BCUT2D eigenvalue weighted by molar-refractivity contribution is 7.89. The fraction of sp³-hybridized carbons (Fsp3) is 0.300. The molecule has 2 heterocycles. The Labute approximate surface area is 162 Å². The normalized spacial score (nSPS) is 16.5. The molecule has 28 heavy (non-hydrogen) atoms. The summed E-state index contributed by atoms with van der Waals surface area (Å²) < 4.78 is 42.3. The van der Waals surface area contributed by atoms with Gasteiger partial charge in [-0.15, -0.1) is 0 Å². The van der Waals surface area contributed by atoms with Crippen LogP contribution in [0.4, 0.5) is 4.39 Å². The molecule has 1 fully saturated rings. The quantitative estimate of drug-likeness (QED) is 0.677. The Morgan fingerprint density at radius 2 is 1.79 bits per heavy atom. The van der Waals surface area contributed by atoms with Crippen molar-refractivity contribution in [3.8, 4) is 0 Å².